The number of nitrogens with zero attached hydrogens (tertiary/aromatic N) is 2. The van der Waals surface area contributed by atoms with Crippen molar-refractivity contribution in [3.63, 3.8) is 0 Å². The summed E-state index contributed by atoms with van der Waals surface area (Å²) in [7, 11) is -3.36. The quantitative estimate of drug-likeness (QED) is 0.142. The maximum Gasteiger partial charge on any atom is 0.184 e. The van der Waals surface area contributed by atoms with Crippen molar-refractivity contribution < 1.29 is 8.83 Å². The fourth-order valence-corrected chi connectivity index (χ4v) is 16.4. The highest BCUT2D eigenvalue weighted by Gasteiger charge is 2.50. The monoisotopic (exact) mass is 924 g/mol. The van der Waals surface area contributed by atoms with Crippen molar-refractivity contribution in [2.75, 3.05) is 9.80 Å². The van der Waals surface area contributed by atoms with E-state index in [1.807, 2.05) is 12.1 Å². The van der Waals surface area contributed by atoms with Crippen LogP contribution >= 0.6 is 0 Å². The summed E-state index contributed by atoms with van der Waals surface area (Å²) >= 11 is 0. The maximum absolute atomic E-state index is 6.79. The van der Waals surface area contributed by atoms with E-state index in [9.17, 15) is 0 Å². The van der Waals surface area contributed by atoms with Crippen LogP contribution in [0.3, 0.4) is 0 Å². The van der Waals surface area contributed by atoms with Crippen molar-refractivity contribution in [2.45, 2.75) is 0 Å². The molecule has 4 nitrogen and oxygen atoms in total. The average Bonchev–Trinajstić information content (AvgIpc) is 4.01. The van der Waals surface area contributed by atoms with E-state index in [2.05, 4.69) is 265 Å². The van der Waals surface area contributed by atoms with Crippen LogP contribution in [0.4, 0.5) is 34.1 Å². The Morgan fingerprint density at radius 3 is 1.27 bits per heavy atom. The van der Waals surface area contributed by atoms with Crippen molar-refractivity contribution >= 4 is 107 Å². The van der Waals surface area contributed by atoms with Gasteiger partial charge in [-0.1, -0.05) is 182 Å². The van der Waals surface area contributed by atoms with Gasteiger partial charge in [0.2, 0.25) is 0 Å². The number of rotatable bonds is 8. The SMILES string of the molecule is c1ccc(-c2ccc(N(c3ccc(-c4ccccc4)cc3)c3ccc4c(c3)[Si](c3ccc5c(c3)oc3ccccc35)(c3ccc5c(c3)oc3ccccc35)c3ccccc3N4c3ccccc3)cc2)cc1. The molecule has 0 bridgehead atoms. The minimum Gasteiger partial charge on any atom is -0.456 e. The van der Waals surface area contributed by atoms with Crippen LogP contribution in [0.5, 0.6) is 0 Å². The first-order chi connectivity index (χ1) is 35.2. The summed E-state index contributed by atoms with van der Waals surface area (Å²) in [4.78, 5) is 4.88. The molecule has 0 spiro atoms. The number of hydrogen-bond donors (Lipinski definition) is 0. The highest BCUT2D eigenvalue weighted by molar-refractivity contribution is 7.21. The lowest BCUT2D eigenvalue weighted by atomic mass is 10.0. The van der Waals surface area contributed by atoms with Gasteiger partial charge in [-0.05, 0) is 128 Å². The van der Waals surface area contributed by atoms with E-state index in [1.165, 1.54) is 43.0 Å². The van der Waals surface area contributed by atoms with Crippen LogP contribution in [-0.4, -0.2) is 8.07 Å². The van der Waals surface area contributed by atoms with Gasteiger partial charge in [-0.3, -0.25) is 0 Å². The van der Waals surface area contributed by atoms with Gasteiger partial charge in [-0.15, -0.1) is 0 Å². The third kappa shape index (κ3) is 6.58. The molecule has 71 heavy (non-hydrogen) atoms. The lowest BCUT2D eigenvalue weighted by Gasteiger charge is -2.45. The van der Waals surface area contributed by atoms with Gasteiger partial charge in [0.05, 0.1) is 0 Å². The molecule has 0 saturated heterocycles. The zero-order valence-electron chi connectivity index (χ0n) is 38.6. The standard InChI is InChI=1S/C66H44N2O2Si/c1-4-16-45(17-5-1)47-28-32-50(33-29-47)67(51-34-30-48(31-35-51)46-18-6-2-7-19-46)52-36-41-60-66(42-52)71(53-37-39-57-55-22-10-13-25-61(55)69-63(57)43-53,54-38-40-58-56-23-11-14-26-62(56)70-64(58)44-54)65-27-15-12-24-59(65)68(60)49-20-8-3-9-21-49/h1-44H. The molecule has 0 amide bonds. The number of para-hydroxylation sites is 4. The molecule has 0 unspecified atom stereocenters. The fraction of sp³-hybridized carbons (Fsp3) is 0. The number of hydrogen-bond acceptors (Lipinski definition) is 4. The van der Waals surface area contributed by atoms with Crippen LogP contribution < -0.4 is 30.5 Å². The van der Waals surface area contributed by atoms with Gasteiger partial charge in [0.25, 0.3) is 0 Å². The summed E-state index contributed by atoms with van der Waals surface area (Å²) in [6.07, 6.45) is 0. The van der Waals surface area contributed by atoms with E-state index >= 15 is 0 Å². The first-order valence-electron chi connectivity index (χ1n) is 24.2. The Morgan fingerprint density at radius 2 is 0.718 bits per heavy atom. The summed E-state index contributed by atoms with van der Waals surface area (Å²) in [6, 6.07) is 97.0. The Hall–Kier alpha value is -9.16. The molecule has 11 aromatic carbocycles. The van der Waals surface area contributed by atoms with Gasteiger partial charge in [-0.25, -0.2) is 0 Å². The van der Waals surface area contributed by atoms with E-state index in [1.54, 1.807) is 0 Å². The molecule has 2 aromatic heterocycles. The largest absolute Gasteiger partial charge is 0.456 e. The number of furan rings is 2. The minimum atomic E-state index is -3.36. The van der Waals surface area contributed by atoms with E-state index < -0.39 is 8.07 Å². The van der Waals surface area contributed by atoms with Crippen LogP contribution in [0, 0.1) is 0 Å². The normalized spacial score (nSPS) is 12.9. The predicted molar refractivity (Wildman–Crippen MR) is 298 cm³/mol. The zero-order valence-corrected chi connectivity index (χ0v) is 39.6. The predicted octanol–water partition coefficient (Wildman–Crippen LogP) is 15.4. The molecule has 0 fully saturated rings. The summed E-state index contributed by atoms with van der Waals surface area (Å²) in [5, 5.41) is 9.43. The minimum absolute atomic E-state index is 0.875. The van der Waals surface area contributed by atoms with Crippen LogP contribution in [0.1, 0.15) is 0 Å². The summed E-state index contributed by atoms with van der Waals surface area (Å²) < 4.78 is 13.6. The summed E-state index contributed by atoms with van der Waals surface area (Å²) in [5.41, 5.74) is 14.8. The molecule has 0 saturated carbocycles. The van der Waals surface area contributed by atoms with Gasteiger partial charge < -0.3 is 18.6 Å². The summed E-state index contributed by atoms with van der Waals surface area (Å²) in [5.74, 6) is 0. The first-order valence-corrected chi connectivity index (χ1v) is 26.2. The molecule has 1 aliphatic heterocycles. The highest BCUT2D eigenvalue weighted by Crippen LogP contribution is 2.43. The molecule has 0 aliphatic carbocycles. The van der Waals surface area contributed by atoms with Crippen LogP contribution in [0.25, 0.3) is 66.1 Å². The van der Waals surface area contributed by atoms with Crippen LogP contribution in [0.2, 0.25) is 0 Å². The second kappa shape index (κ2) is 16.5. The zero-order chi connectivity index (χ0) is 46.9. The average molecular weight is 925 g/mol. The van der Waals surface area contributed by atoms with Crippen molar-refractivity contribution in [1.82, 2.24) is 0 Å². The van der Waals surface area contributed by atoms with Gasteiger partial charge in [0, 0.05) is 55.7 Å². The van der Waals surface area contributed by atoms with Crippen LogP contribution in [-0.2, 0) is 0 Å². The molecule has 334 valence electrons. The molecule has 3 heterocycles. The number of fused-ring (bicyclic) bond motifs is 8. The molecule has 0 atom stereocenters. The van der Waals surface area contributed by atoms with Crippen molar-refractivity contribution in [3.8, 4) is 22.3 Å². The molecule has 1 aliphatic rings. The third-order valence-electron chi connectivity index (χ3n) is 14.5. The van der Waals surface area contributed by atoms with Gasteiger partial charge in [0.15, 0.2) is 8.07 Å². The lowest BCUT2D eigenvalue weighted by molar-refractivity contribution is 0.669. The van der Waals surface area contributed by atoms with E-state index in [-0.39, 0.29) is 0 Å². The molecular weight excluding hydrogens is 881 g/mol. The Bertz CT molecular complexity index is 3910. The molecular formula is C66H44N2O2Si. The lowest BCUT2D eigenvalue weighted by Crippen LogP contribution is -2.77. The Kier molecular flexibility index (Phi) is 9.51. The van der Waals surface area contributed by atoms with E-state index in [0.717, 1.165) is 78.0 Å². The summed E-state index contributed by atoms with van der Waals surface area (Å²) in [6.45, 7) is 0. The second-order valence-corrected chi connectivity index (χ2v) is 22.2. The van der Waals surface area contributed by atoms with Crippen LogP contribution in [0.15, 0.2) is 276 Å². The first kappa shape index (κ1) is 40.9. The third-order valence-corrected chi connectivity index (χ3v) is 19.3. The molecule has 5 heteroatoms. The smallest absolute Gasteiger partial charge is 0.184 e. The maximum atomic E-state index is 6.79. The Labute approximate surface area is 412 Å². The molecule has 13 aromatic rings. The van der Waals surface area contributed by atoms with Gasteiger partial charge in [-0.2, -0.15) is 0 Å². The topological polar surface area (TPSA) is 32.8 Å². The Morgan fingerprint density at radius 1 is 0.296 bits per heavy atom. The highest BCUT2D eigenvalue weighted by atomic mass is 28.3. The fourth-order valence-electron chi connectivity index (χ4n) is 11.3. The van der Waals surface area contributed by atoms with Gasteiger partial charge in [0.1, 0.15) is 22.3 Å². The molecule has 0 radical (unpaired) electrons. The van der Waals surface area contributed by atoms with E-state index in [4.69, 9.17) is 8.83 Å². The van der Waals surface area contributed by atoms with E-state index in [0.29, 0.717) is 0 Å². The molecule has 14 rings (SSSR count). The van der Waals surface area contributed by atoms with Crippen molar-refractivity contribution in [1.29, 1.82) is 0 Å². The molecule has 0 N–H and O–H groups in total. The number of benzene rings is 11. The Balaban J connectivity index is 1.07. The number of anilines is 6. The second-order valence-electron chi connectivity index (χ2n) is 18.4. The van der Waals surface area contributed by atoms with Crippen molar-refractivity contribution in [2.24, 2.45) is 0 Å². The van der Waals surface area contributed by atoms with Gasteiger partial charge >= 0.3 is 0 Å². The van der Waals surface area contributed by atoms with Crippen molar-refractivity contribution in [3.05, 3.63) is 267 Å².